The fourth-order valence-corrected chi connectivity index (χ4v) is 2.58. The molecule has 0 aromatic heterocycles. The minimum atomic E-state index is -0.729. The van der Waals surface area contributed by atoms with E-state index in [1.54, 1.807) is 6.07 Å². The number of rotatable bonds is 10. The topological polar surface area (TPSA) is 106 Å². The second-order valence-corrected chi connectivity index (χ2v) is 5.72. The van der Waals surface area contributed by atoms with Crippen molar-refractivity contribution in [2.45, 2.75) is 20.8 Å². The van der Waals surface area contributed by atoms with E-state index in [2.05, 4.69) is 0 Å². The fraction of sp³-hybridized carbons (Fsp3) is 0.333. The molecule has 0 saturated heterocycles. The van der Waals surface area contributed by atoms with Crippen molar-refractivity contribution in [3.8, 4) is 28.7 Å². The maximum absolute atomic E-state index is 12.8. The van der Waals surface area contributed by atoms with Gasteiger partial charge in [0.25, 0.3) is 5.91 Å². The lowest BCUT2D eigenvalue weighted by Gasteiger charge is -2.17. The average molecular weight is 403 g/mol. The highest BCUT2D eigenvalue weighted by atomic mass is 16.5. The summed E-state index contributed by atoms with van der Waals surface area (Å²) < 4.78 is 27.4. The lowest BCUT2D eigenvalue weighted by Crippen LogP contribution is -2.16. The Morgan fingerprint density at radius 2 is 1.45 bits per heavy atom. The smallest absolute Gasteiger partial charge is 0.343 e. The van der Waals surface area contributed by atoms with Gasteiger partial charge in [0, 0.05) is 6.07 Å². The van der Waals surface area contributed by atoms with Crippen molar-refractivity contribution < 1.29 is 33.3 Å². The number of benzene rings is 2. The van der Waals surface area contributed by atoms with Crippen LogP contribution in [0.2, 0.25) is 0 Å². The van der Waals surface area contributed by atoms with Gasteiger partial charge in [-0.1, -0.05) is 0 Å². The minimum absolute atomic E-state index is 0.00773. The Balaban J connectivity index is 2.46. The first-order chi connectivity index (χ1) is 13.9. The molecule has 2 rings (SSSR count). The van der Waals surface area contributed by atoms with Crippen LogP contribution in [0.15, 0.2) is 30.3 Å². The van der Waals surface area contributed by atoms with Gasteiger partial charge < -0.3 is 29.4 Å². The third-order valence-corrected chi connectivity index (χ3v) is 3.80. The first kappa shape index (κ1) is 21.9. The van der Waals surface area contributed by atoms with Gasteiger partial charge in [0.05, 0.1) is 38.1 Å². The summed E-state index contributed by atoms with van der Waals surface area (Å²) in [4.78, 5) is 24.5. The highest BCUT2D eigenvalue weighted by Gasteiger charge is 2.21. The lowest BCUT2D eigenvalue weighted by atomic mass is 10.1. The summed E-state index contributed by atoms with van der Waals surface area (Å²) in [5.41, 5.74) is 5.59. The van der Waals surface area contributed by atoms with E-state index >= 15 is 0 Å². The van der Waals surface area contributed by atoms with Crippen LogP contribution in [0.5, 0.6) is 28.7 Å². The summed E-state index contributed by atoms with van der Waals surface area (Å²) >= 11 is 0. The van der Waals surface area contributed by atoms with Gasteiger partial charge in [0.1, 0.15) is 11.5 Å². The standard InChI is InChI=1S/C21H25NO7/c1-5-26-17-10-13(11-18(27-6-2)19(17)28-7-3)21(24)29-16-12-14(25-4)8-9-15(16)20(22)23/h8-12H,5-7H2,1-4H3,(H2,22,23). The van der Waals surface area contributed by atoms with Crippen molar-refractivity contribution in [1.82, 2.24) is 0 Å². The van der Waals surface area contributed by atoms with E-state index in [0.29, 0.717) is 42.8 Å². The van der Waals surface area contributed by atoms with Gasteiger partial charge in [-0.3, -0.25) is 4.79 Å². The predicted molar refractivity (Wildman–Crippen MR) is 106 cm³/mol. The van der Waals surface area contributed by atoms with Crippen molar-refractivity contribution >= 4 is 11.9 Å². The average Bonchev–Trinajstić information content (AvgIpc) is 2.70. The van der Waals surface area contributed by atoms with Crippen LogP contribution in [0.3, 0.4) is 0 Å². The third kappa shape index (κ3) is 5.31. The molecule has 1 amide bonds. The van der Waals surface area contributed by atoms with Crippen molar-refractivity contribution in [1.29, 1.82) is 0 Å². The zero-order chi connectivity index (χ0) is 21.4. The van der Waals surface area contributed by atoms with E-state index < -0.39 is 11.9 Å². The van der Waals surface area contributed by atoms with Crippen LogP contribution in [-0.4, -0.2) is 38.8 Å². The van der Waals surface area contributed by atoms with Gasteiger partial charge in [-0.2, -0.15) is 0 Å². The molecule has 0 saturated carbocycles. The Labute approximate surface area is 169 Å². The highest BCUT2D eigenvalue weighted by molar-refractivity contribution is 5.98. The van der Waals surface area contributed by atoms with Gasteiger partial charge in [-0.15, -0.1) is 0 Å². The number of methoxy groups -OCH3 is 1. The lowest BCUT2D eigenvalue weighted by molar-refractivity contribution is 0.0731. The van der Waals surface area contributed by atoms with Crippen LogP contribution in [0, 0.1) is 0 Å². The number of carbonyl (C=O) groups is 2. The molecule has 0 heterocycles. The van der Waals surface area contributed by atoms with Crippen LogP contribution in [0.25, 0.3) is 0 Å². The van der Waals surface area contributed by atoms with Gasteiger partial charge >= 0.3 is 5.97 Å². The molecule has 2 aromatic carbocycles. The molecule has 0 atom stereocenters. The van der Waals surface area contributed by atoms with E-state index in [4.69, 9.17) is 29.4 Å². The Bertz CT molecular complexity index is 852. The summed E-state index contributed by atoms with van der Waals surface area (Å²) in [5.74, 6) is 0.0759. The summed E-state index contributed by atoms with van der Waals surface area (Å²) in [5, 5.41) is 0. The van der Waals surface area contributed by atoms with Gasteiger partial charge in [0.2, 0.25) is 5.75 Å². The maximum Gasteiger partial charge on any atom is 0.343 e. The molecule has 0 fully saturated rings. The van der Waals surface area contributed by atoms with Crippen LogP contribution in [0.1, 0.15) is 41.5 Å². The zero-order valence-electron chi connectivity index (χ0n) is 16.9. The second-order valence-electron chi connectivity index (χ2n) is 5.72. The molecule has 8 heteroatoms. The van der Waals surface area contributed by atoms with Crippen molar-refractivity contribution in [2.24, 2.45) is 5.73 Å². The molecule has 0 radical (unpaired) electrons. The molecular formula is C21H25NO7. The summed E-state index contributed by atoms with van der Waals surface area (Å²) in [6, 6.07) is 7.40. The Kier molecular flexibility index (Phi) is 7.70. The number of carbonyl (C=O) groups excluding carboxylic acids is 2. The van der Waals surface area contributed by atoms with Gasteiger partial charge in [0.15, 0.2) is 11.5 Å². The first-order valence-electron chi connectivity index (χ1n) is 9.21. The van der Waals surface area contributed by atoms with Crippen LogP contribution in [-0.2, 0) is 0 Å². The van der Waals surface area contributed by atoms with Crippen molar-refractivity contribution in [3.05, 3.63) is 41.5 Å². The SMILES string of the molecule is CCOc1cc(C(=O)Oc2cc(OC)ccc2C(N)=O)cc(OCC)c1OCC. The van der Waals surface area contributed by atoms with Crippen LogP contribution < -0.4 is 29.4 Å². The quantitative estimate of drug-likeness (QED) is 0.479. The summed E-state index contributed by atoms with van der Waals surface area (Å²) in [6.07, 6.45) is 0. The molecule has 29 heavy (non-hydrogen) atoms. The monoisotopic (exact) mass is 403 g/mol. The van der Waals surface area contributed by atoms with Gasteiger partial charge in [-0.25, -0.2) is 4.79 Å². The van der Waals surface area contributed by atoms with Crippen LogP contribution in [0.4, 0.5) is 0 Å². The van der Waals surface area contributed by atoms with Crippen molar-refractivity contribution in [3.63, 3.8) is 0 Å². The molecule has 0 bridgehead atoms. The molecule has 0 aliphatic rings. The summed E-state index contributed by atoms with van der Waals surface area (Å²) in [7, 11) is 1.46. The number of nitrogens with two attached hydrogens (primary N) is 1. The summed E-state index contributed by atoms with van der Waals surface area (Å²) in [6.45, 7) is 6.60. The number of ether oxygens (including phenoxy) is 5. The Hall–Kier alpha value is -3.42. The van der Waals surface area contributed by atoms with E-state index in [9.17, 15) is 9.59 Å². The number of primary amides is 1. The molecule has 2 N–H and O–H groups in total. The molecule has 8 nitrogen and oxygen atoms in total. The molecule has 0 aliphatic heterocycles. The third-order valence-electron chi connectivity index (χ3n) is 3.80. The molecule has 2 aromatic rings. The van der Waals surface area contributed by atoms with E-state index in [0.717, 1.165) is 0 Å². The molecule has 156 valence electrons. The molecule has 0 unspecified atom stereocenters. The molecule has 0 spiro atoms. The Morgan fingerprint density at radius 1 is 0.862 bits per heavy atom. The number of amides is 1. The Morgan fingerprint density at radius 3 is 1.93 bits per heavy atom. The van der Waals surface area contributed by atoms with E-state index in [1.165, 1.54) is 31.4 Å². The zero-order valence-corrected chi connectivity index (χ0v) is 16.9. The highest BCUT2D eigenvalue weighted by Crippen LogP contribution is 2.39. The maximum atomic E-state index is 12.8. The van der Waals surface area contributed by atoms with Crippen molar-refractivity contribution in [2.75, 3.05) is 26.9 Å². The molecular weight excluding hydrogens is 378 g/mol. The number of esters is 1. The first-order valence-corrected chi connectivity index (χ1v) is 9.21. The largest absolute Gasteiger partial charge is 0.497 e. The minimum Gasteiger partial charge on any atom is -0.497 e. The molecule has 0 aliphatic carbocycles. The normalized spacial score (nSPS) is 10.2. The van der Waals surface area contributed by atoms with E-state index in [-0.39, 0.29) is 16.9 Å². The van der Waals surface area contributed by atoms with Crippen LogP contribution >= 0.6 is 0 Å². The second kappa shape index (κ2) is 10.2. The number of hydrogen-bond donors (Lipinski definition) is 1. The van der Waals surface area contributed by atoms with Gasteiger partial charge in [-0.05, 0) is 45.0 Å². The predicted octanol–water partition coefficient (Wildman–Crippen LogP) is 3.21. The fourth-order valence-electron chi connectivity index (χ4n) is 2.58. The number of hydrogen-bond acceptors (Lipinski definition) is 7. The van der Waals surface area contributed by atoms with E-state index in [1.807, 2.05) is 20.8 Å².